The first-order valence-corrected chi connectivity index (χ1v) is 8.77. The maximum Gasteiger partial charge on any atom is 0.0377 e. The topological polar surface area (TPSA) is 15.3 Å². The number of halogens is 1. The maximum atomic E-state index is 3.58. The van der Waals surface area contributed by atoms with Crippen molar-refractivity contribution in [3.05, 3.63) is 51.1 Å². The van der Waals surface area contributed by atoms with Crippen molar-refractivity contribution in [2.24, 2.45) is 5.92 Å². The third-order valence-corrected chi connectivity index (χ3v) is 5.03. The summed E-state index contributed by atoms with van der Waals surface area (Å²) in [6, 6.07) is 10.8. The number of rotatable bonds is 5. The van der Waals surface area contributed by atoms with Gasteiger partial charge in [-0.25, -0.2) is 0 Å². The molecule has 1 aromatic carbocycles. The van der Waals surface area contributed by atoms with E-state index in [1.165, 1.54) is 24.2 Å². The fourth-order valence-corrected chi connectivity index (χ4v) is 3.78. The summed E-state index contributed by atoms with van der Waals surface area (Å²) in [6.07, 6.45) is 1.28. The second kappa shape index (κ2) is 6.74. The smallest absolute Gasteiger partial charge is 0.0377 e. The third-order valence-electron chi connectivity index (χ3n) is 3.80. The van der Waals surface area contributed by atoms with Gasteiger partial charge in [-0.1, -0.05) is 22.0 Å². The Balaban J connectivity index is 1.47. The van der Waals surface area contributed by atoms with Crippen molar-refractivity contribution in [2.45, 2.75) is 13.0 Å². The molecule has 0 spiro atoms. The van der Waals surface area contributed by atoms with Gasteiger partial charge in [-0.3, -0.25) is 0 Å². The average molecular weight is 351 g/mol. The molecule has 1 unspecified atom stereocenters. The van der Waals surface area contributed by atoms with Crippen molar-refractivity contribution in [2.75, 3.05) is 24.5 Å². The van der Waals surface area contributed by atoms with Gasteiger partial charge < -0.3 is 10.2 Å². The number of thiophene rings is 1. The number of hydrogen-bond donors (Lipinski definition) is 1. The van der Waals surface area contributed by atoms with Gasteiger partial charge in [0.1, 0.15) is 0 Å². The van der Waals surface area contributed by atoms with E-state index < -0.39 is 0 Å². The first-order valence-electron chi connectivity index (χ1n) is 7.03. The Bertz CT molecular complexity index is 541. The minimum Gasteiger partial charge on any atom is -0.371 e. The molecule has 0 bridgehead atoms. The molecule has 0 saturated carbocycles. The Morgan fingerprint density at radius 3 is 3.10 bits per heavy atom. The predicted octanol–water partition coefficient (Wildman–Crippen LogP) is 4.13. The summed E-state index contributed by atoms with van der Waals surface area (Å²) in [4.78, 5) is 2.49. The standard InChI is InChI=1S/C16H19BrN2S/c17-15-2-1-3-16(8-15)19-6-4-13(11-19)9-18-10-14-5-7-20-12-14/h1-3,5,7-8,12-13,18H,4,6,9-11H2. The summed E-state index contributed by atoms with van der Waals surface area (Å²) in [5.41, 5.74) is 2.73. The molecule has 1 aromatic heterocycles. The molecule has 1 N–H and O–H groups in total. The quantitative estimate of drug-likeness (QED) is 0.872. The van der Waals surface area contributed by atoms with E-state index in [0.717, 1.165) is 30.0 Å². The highest BCUT2D eigenvalue weighted by molar-refractivity contribution is 9.10. The SMILES string of the molecule is Brc1cccc(N2CCC(CNCc3ccsc3)C2)c1. The highest BCUT2D eigenvalue weighted by Gasteiger charge is 2.22. The molecule has 2 heterocycles. The highest BCUT2D eigenvalue weighted by atomic mass is 79.9. The van der Waals surface area contributed by atoms with Gasteiger partial charge in [0.05, 0.1) is 0 Å². The molecule has 0 amide bonds. The van der Waals surface area contributed by atoms with Crippen LogP contribution in [0.15, 0.2) is 45.6 Å². The molecular formula is C16H19BrN2S. The van der Waals surface area contributed by atoms with Gasteiger partial charge >= 0.3 is 0 Å². The van der Waals surface area contributed by atoms with Gasteiger partial charge in [-0.15, -0.1) is 0 Å². The lowest BCUT2D eigenvalue weighted by atomic mass is 10.1. The molecular weight excluding hydrogens is 332 g/mol. The van der Waals surface area contributed by atoms with Gasteiger partial charge in [0.15, 0.2) is 0 Å². The summed E-state index contributed by atoms with van der Waals surface area (Å²) in [5.74, 6) is 0.757. The Labute approximate surface area is 132 Å². The highest BCUT2D eigenvalue weighted by Crippen LogP contribution is 2.25. The largest absolute Gasteiger partial charge is 0.371 e. The molecule has 1 saturated heterocycles. The number of hydrogen-bond acceptors (Lipinski definition) is 3. The van der Waals surface area contributed by atoms with Crippen LogP contribution in [0.3, 0.4) is 0 Å². The number of nitrogens with one attached hydrogen (secondary N) is 1. The van der Waals surface area contributed by atoms with Crippen LogP contribution in [0.2, 0.25) is 0 Å². The first kappa shape index (κ1) is 14.1. The van der Waals surface area contributed by atoms with Crippen LogP contribution >= 0.6 is 27.3 Å². The number of benzene rings is 1. The van der Waals surface area contributed by atoms with Crippen LogP contribution in [0.4, 0.5) is 5.69 Å². The van der Waals surface area contributed by atoms with Crippen molar-refractivity contribution in [3.8, 4) is 0 Å². The van der Waals surface area contributed by atoms with Crippen LogP contribution in [0.25, 0.3) is 0 Å². The zero-order valence-corrected chi connectivity index (χ0v) is 13.8. The summed E-state index contributed by atoms with van der Waals surface area (Å²) in [6.45, 7) is 4.44. The predicted molar refractivity (Wildman–Crippen MR) is 90.5 cm³/mol. The molecule has 3 rings (SSSR count). The molecule has 4 heteroatoms. The second-order valence-corrected chi connectivity index (χ2v) is 7.04. The van der Waals surface area contributed by atoms with Crippen molar-refractivity contribution < 1.29 is 0 Å². The van der Waals surface area contributed by atoms with E-state index in [1.54, 1.807) is 11.3 Å². The molecule has 1 aliphatic heterocycles. The molecule has 0 radical (unpaired) electrons. The summed E-state index contributed by atoms with van der Waals surface area (Å²) in [7, 11) is 0. The van der Waals surface area contributed by atoms with E-state index in [0.29, 0.717) is 0 Å². The van der Waals surface area contributed by atoms with Crippen molar-refractivity contribution in [3.63, 3.8) is 0 Å². The molecule has 106 valence electrons. The summed E-state index contributed by atoms with van der Waals surface area (Å²) < 4.78 is 1.16. The molecule has 20 heavy (non-hydrogen) atoms. The van der Waals surface area contributed by atoms with Gasteiger partial charge in [0.25, 0.3) is 0 Å². The van der Waals surface area contributed by atoms with Crippen molar-refractivity contribution >= 4 is 33.0 Å². The molecule has 2 nitrogen and oxygen atoms in total. The van der Waals surface area contributed by atoms with Crippen LogP contribution in [-0.4, -0.2) is 19.6 Å². The van der Waals surface area contributed by atoms with Gasteiger partial charge in [-0.2, -0.15) is 11.3 Å². The fraction of sp³-hybridized carbons (Fsp3) is 0.375. The normalized spacial score (nSPS) is 18.6. The Morgan fingerprint density at radius 1 is 1.35 bits per heavy atom. The van der Waals surface area contributed by atoms with E-state index in [4.69, 9.17) is 0 Å². The van der Waals surface area contributed by atoms with Crippen molar-refractivity contribution in [1.82, 2.24) is 5.32 Å². The van der Waals surface area contributed by atoms with Crippen LogP contribution in [0, 0.1) is 5.92 Å². The minimum atomic E-state index is 0.757. The Kier molecular flexibility index (Phi) is 4.76. The zero-order chi connectivity index (χ0) is 13.8. The summed E-state index contributed by atoms with van der Waals surface area (Å²) >= 11 is 5.32. The van der Waals surface area contributed by atoms with Crippen LogP contribution in [0.1, 0.15) is 12.0 Å². The molecule has 2 aromatic rings. The minimum absolute atomic E-state index is 0.757. The van der Waals surface area contributed by atoms with E-state index >= 15 is 0 Å². The van der Waals surface area contributed by atoms with Crippen LogP contribution in [-0.2, 0) is 6.54 Å². The van der Waals surface area contributed by atoms with Crippen molar-refractivity contribution in [1.29, 1.82) is 0 Å². The fourth-order valence-electron chi connectivity index (χ4n) is 2.72. The number of anilines is 1. The van der Waals surface area contributed by atoms with Crippen LogP contribution in [0.5, 0.6) is 0 Å². The van der Waals surface area contributed by atoms with Gasteiger partial charge in [-0.05, 0) is 52.9 Å². The van der Waals surface area contributed by atoms with E-state index in [1.807, 2.05) is 0 Å². The molecule has 1 atom stereocenters. The summed E-state index contributed by atoms with van der Waals surface area (Å²) in [5, 5.41) is 7.94. The average Bonchev–Trinajstić information content (AvgIpc) is 3.10. The Hall–Kier alpha value is -0.840. The van der Waals surface area contributed by atoms with E-state index in [9.17, 15) is 0 Å². The first-order chi connectivity index (χ1) is 9.81. The molecule has 1 fully saturated rings. The van der Waals surface area contributed by atoms with E-state index in [-0.39, 0.29) is 0 Å². The van der Waals surface area contributed by atoms with E-state index in [2.05, 4.69) is 67.2 Å². The Morgan fingerprint density at radius 2 is 2.30 bits per heavy atom. The van der Waals surface area contributed by atoms with Gasteiger partial charge in [0.2, 0.25) is 0 Å². The lowest BCUT2D eigenvalue weighted by Gasteiger charge is -2.19. The molecule has 0 aliphatic carbocycles. The molecule has 1 aliphatic rings. The second-order valence-electron chi connectivity index (χ2n) is 5.34. The lowest BCUT2D eigenvalue weighted by molar-refractivity contribution is 0.517. The van der Waals surface area contributed by atoms with Crippen LogP contribution < -0.4 is 10.2 Å². The maximum absolute atomic E-state index is 3.58. The lowest BCUT2D eigenvalue weighted by Crippen LogP contribution is -2.26. The van der Waals surface area contributed by atoms with Gasteiger partial charge in [0, 0.05) is 36.3 Å². The third kappa shape index (κ3) is 3.62. The number of nitrogens with zero attached hydrogens (tertiary/aromatic N) is 1. The zero-order valence-electron chi connectivity index (χ0n) is 11.4. The monoisotopic (exact) mass is 350 g/mol.